The molecule has 96 valence electrons. The predicted octanol–water partition coefficient (Wildman–Crippen LogP) is 3.19. The average Bonchev–Trinajstić information content (AvgIpc) is 2.84. The number of nitrogens with zero attached hydrogens (tertiary/aromatic N) is 2. The topological polar surface area (TPSA) is 63.8 Å². The van der Waals surface area contributed by atoms with E-state index in [1.165, 1.54) is 4.88 Å². The van der Waals surface area contributed by atoms with Crippen molar-refractivity contribution in [1.29, 1.82) is 0 Å². The van der Waals surface area contributed by atoms with Gasteiger partial charge in [0.25, 0.3) is 0 Å². The van der Waals surface area contributed by atoms with Gasteiger partial charge in [0.15, 0.2) is 0 Å². The minimum atomic E-state index is 0.752. The lowest BCUT2D eigenvalue weighted by Gasteiger charge is -2.10. The van der Waals surface area contributed by atoms with Gasteiger partial charge in [-0.2, -0.15) is 0 Å². The van der Waals surface area contributed by atoms with Crippen LogP contribution in [0.3, 0.4) is 0 Å². The maximum absolute atomic E-state index is 5.96. The fourth-order valence-corrected chi connectivity index (χ4v) is 2.77. The number of rotatable bonds is 3. The van der Waals surface area contributed by atoms with Crippen molar-refractivity contribution in [3.05, 3.63) is 46.7 Å². The third-order valence-electron chi connectivity index (χ3n) is 2.97. The molecular formula is C14H14N4S. The van der Waals surface area contributed by atoms with Crippen LogP contribution in [0.4, 0.5) is 11.4 Å². The number of pyridine rings is 1. The molecule has 0 saturated carbocycles. The number of nitrogens with one attached hydrogen (secondary N) is 1. The Morgan fingerprint density at radius 1 is 1.21 bits per heavy atom. The SMILES string of the molecule is Cc1ncc(CNc2ccc(N)c3cnccc23)s1. The Morgan fingerprint density at radius 2 is 2.11 bits per heavy atom. The first-order chi connectivity index (χ1) is 9.24. The number of hydrogen-bond acceptors (Lipinski definition) is 5. The molecule has 2 aromatic heterocycles. The van der Waals surface area contributed by atoms with Gasteiger partial charge < -0.3 is 11.1 Å². The third-order valence-corrected chi connectivity index (χ3v) is 3.89. The van der Waals surface area contributed by atoms with Crippen LogP contribution in [0.2, 0.25) is 0 Å². The lowest BCUT2D eigenvalue weighted by molar-refractivity contribution is 1.17. The Balaban J connectivity index is 1.91. The molecule has 3 N–H and O–H groups in total. The number of benzene rings is 1. The monoisotopic (exact) mass is 270 g/mol. The van der Waals surface area contributed by atoms with Crippen molar-refractivity contribution < 1.29 is 0 Å². The van der Waals surface area contributed by atoms with Gasteiger partial charge in [-0.15, -0.1) is 11.3 Å². The highest BCUT2D eigenvalue weighted by Gasteiger charge is 2.04. The zero-order valence-electron chi connectivity index (χ0n) is 10.6. The van der Waals surface area contributed by atoms with Gasteiger partial charge in [0.2, 0.25) is 0 Å². The number of aryl methyl sites for hydroxylation is 1. The Bertz CT molecular complexity index is 720. The van der Waals surface area contributed by atoms with E-state index in [1.54, 1.807) is 23.7 Å². The lowest BCUT2D eigenvalue weighted by Crippen LogP contribution is -1.99. The molecule has 1 aromatic carbocycles. The van der Waals surface area contributed by atoms with Gasteiger partial charge in [-0.3, -0.25) is 4.98 Å². The molecule has 5 heteroatoms. The average molecular weight is 270 g/mol. The molecule has 0 unspecified atom stereocenters. The maximum atomic E-state index is 5.96. The summed E-state index contributed by atoms with van der Waals surface area (Å²) in [4.78, 5) is 9.59. The number of anilines is 2. The summed E-state index contributed by atoms with van der Waals surface area (Å²) in [6, 6.07) is 5.89. The van der Waals surface area contributed by atoms with Crippen LogP contribution in [-0.2, 0) is 6.54 Å². The molecule has 3 aromatic rings. The fourth-order valence-electron chi connectivity index (χ4n) is 2.04. The van der Waals surface area contributed by atoms with E-state index in [2.05, 4.69) is 15.3 Å². The molecule has 4 nitrogen and oxygen atoms in total. The molecule has 2 heterocycles. The Morgan fingerprint density at radius 3 is 2.89 bits per heavy atom. The van der Waals surface area contributed by atoms with Crippen LogP contribution in [0, 0.1) is 6.92 Å². The quantitative estimate of drug-likeness (QED) is 0.717. The molecule has 0 amide bonds. The molecule has 0 bridgehead atoms. The van der Waals surface area contributed by atoms with Crippen molar-refractivity contribution in [3.8, 4) is 0 Å². The van der Waals surface area contributed by atoms with E-state index in [-0.39, 0.29) is 0 Å². The molecule has 0 aliphatic heterocycles. The summed E-state index contributed by atoms with van der Waals surface area (Å²) in [7, 11) is 0. The van der Waals surface area contributed by atoms with E-state index in [1.807, 2.05) is 31.3 Å². The maximum Gasteiger partial charge on any atom is 0.0897 e. The third kappa shape index (κ3) is 2.37. The first-order valence-electron chi connectivity index (χ1n) is 6.01. The van der Waals surface area contributed by atoms with Gasteiger partial charge in [0.05, 0.1) is 11.6 Å². The van der Waals surface area contributed by atoms with Crippen molar-refractivity contribution in [2.24, 2.45) is 0 Å². The smallest absolute Gasteiger partial charge is 0.0897 e. The lowest BCUT2D eigenvalue weighted by atomic mass is 10.1. The number of nitrogens with two attached hydrogens (primary N) is 1. The van der Waals surface area contributed by atoms with E-state index in [9.17, 15) is 0 Å². The number of aromatic nitrogens is 2. The summed E-state index contributed by atoms with van der Waals surface area (Å²) in [5.74, 6) is 0. The second-order valence-electron chi connectivity index (χ2n) is 4.32. The standard InChI is InChI=1S/C14H14N4S/c1-9-17-6-10(19-9)7-18-14-3-2-13(15)12-8-16-5-4-11(12)14/h2-6,8,18H,7,15H2,1H3. The van der Waals surface area contributed by atoms with Crippen LogP contribution < -0.4 is 11.1 Å². The molecule has 0 aliphatic rings. The summed E-state index contributed by atoms with van der Waals surface area (Å²) in [5, 5.41) is 6.59. The van der Waals surface area contributed by atoms with E-state index >= 15 is 0 Å². The molecule has 3 rings (SSSR count). The number of hydrogen-bond donors (Lipinski definition) is 2. The van der Waals surface area contributed by atoms with Crippen LogP contribution in [-0.4, -0.2) is 9.97 Å². The van der Waals surface area contributed by atoms with E-state index in [0.29, 0.717) is 0 Å². The second kappa shape index (κ2) is 4.85. The molecule has 19 heavy (non-hydrogen) atoms. The van der Waals surface area contributed by atoms with Gasteiger partial charge in [-0.1, -0.05) is 0 Å². The molecule has 0 aliphatic carbocycles. The van der Waals surface area contributed by atoms with Crippen LogP contribution in [0.5, 0.6) is 0 Å². The van der Waals surface area contributed by atoms with Crippen LogP contribution in [0.1, 0.15) is 9.88 Å². The van der Waals surface area contributed by atoms with Crippen molar-refractivity contribution >= 4 is 33.5 Å². The molecule has 0 saturated heterocycles. The first-order valence-corrected chi connectivity index (χ1v) is 6.83. The molecule has 0 atom stereocenters. The van der Waals surface area contributed by atoms with Gasteiger partial charge in [-0.05, 0) is 25.1 Å². The van der Waals surface area contributed by atoms with Gasteiger partial charge in [0.1, 0.15) is 0 Å². The van der Waals surface area contributed by atoms with E-state index in [4.69, 9.17) is 5.73 Å². The Hall–Kier alpha value is -2.14. The summed E-state index contributed by atoms with van der Waals surface area (Å²) in [5.41, 5.74) is 7.78. The minimum absolute atomic E-state index is 0.752. The van der Waals surface area contributed by atoms with Gasteiger partial charge >= 0.3 is 0 Å². The van der Waals surface area contributed by atoms with Gasteiger partial charge in [0, 0.05) is 45.6 Å². The normalized spacial score (nSPS) is 10.8. The predicted molar refractivity (Wildman–Crippen MR) is 80.3 cm³/mol. The summed E-state index contributed by atoms with van der Waals surface area (Å²) in [6.45, 7) is 2.78. The summed E-state index contributed by atoms with van der Waals surface area (Å²) in [6.07, 6.45) is 5.49. The van der Waals surface area contributed by atoms with E-state index < -0.39 is 0 Å². The Labute approximate surface area is 115 Å². The highest BCUT2D eigenvalue weighted by atomic mass is 32.1. The zero-order valence-corrected chi connectivity index (χ0v) is 11.4. The van der Waals surface area contributed by atoms with Crippen molar-refractivity contribution in [2.75, 3.05) is 11.1 Å². The first kappa shape index (κ1) is 11.9. The van der Waals surface area contributed by atoms with Crippen LogP contribution in [0.15, 0.2) is 36.8 Å². The molecule has 0 spiro atoms. The van der Waals surface area contributed by atoms with E-state index in [0.717, 1.165) is 33.7 Å². The second-order valence-corrected chi connectivity index (χ2v) is 5.64. The highest BCUT2D eigenvalue weighted by molar-refractivity contribution is 7.11. The summed E-state index contributed by atoms with van der Waals surface area (Å²) >= 11 is 1.70. The van der Waals surface area contributed by atoms with Gasteiger partial charge in [-0.25, -0.2) is 4.98 Å². The van der Waals surface area contributed by atoms with Crippen molar-refractivity contribution in [1.82, 2.24) is 9.97 Å². The number of nitrogen functional groups attached to an aromatic ring is 1. The van der Waals surface area contributed by atoms with Crippen LogP contribution >= 0.6 is 11.3 Å². The minimum Gasteiger partial charge on any atom is -0.398 e. The summed E-state index contributed by atoms with van der Waals surface area (Å²) < 4.78 is 0. The zero-order chi connectivity index (χ0) is 13.2. The molecular weight excluding hydrogens is 256 g/mol. The van der Waals surface area contributed by atoms with Crippen molar-refractivity contribution in [3.63, 3.8) is 0 Å². The molecule has 0 radical (unpaired) electrons. The largest absolute Gasteiger partial charge is 0.398 e. The van der Waals surface area contributed by atoms with Crippen LogP contribution in [0.25, 0.3) is 10.8 Å². The highest BCUT2D eigenvalue weighted by Crippen LogP contribution is 2.28. The Kier molecular flexibility index (Phi) is 3.05. The van der Waals surface area contributed by atoms with Crippen molar-refractivity contribution in [2.45, 2.75) is 13.5 Å². The number of fused-ring (bicyclic) bond motifs is 1. The molecule has 0 fully saturated rings. The fraction of sp³-hybridized carbons (Fsp3) is 0.143. The number of thiazole rings is 1.